The predicted octanol–water partition coefficient (Wildman–Crippen LogP) is 1.06. The summed E-state index contributed by atoms with van der Waals surface area (Å²) in [6, 6.07) is 4.29. The van der Waals surface area contributed by atoms with E-state index < -0.39 is 16.1 Å². The van der Waals surface area contributed by atoms with Gasteiger partial charge < -0.3 is 10.1 Å². The largest absolute Gasteiger partial charge is 0.487 e. The molecule has 8 heteroatoms. The summed E-state index contributed by atoms with van der Waals surface area (Å²) in [6.07, 6.45) is 0.332. The zero-order chi connectivity index (χ0) is 16.1. The zero-order valence-corrected chi connectivity index (χ0v) is 12.5. The summed E-state index contributed by atoms with van der Waals surface area (Å²) in [5.74, 6) is 0.522. The van der Waals surface area contributed by atoms with Crippen LogP contribution in [-0.4, -0.2) is 29.4 Å². The van der Waals surface area contributed by atoms with Gasteiger partial charge in [0.1, 0.15) is 11.4 Å². The minimum Gasteiger partial charge on any atom is -0.487 e. The van der Waals surface area contributed by atoms with Crippen LogP contribution in [0.4, 0.5) is 5.69 Å². The van der Waals surface area contributed by atoms with Crippen LogP contribution in [0.2, 0.25) is 0 Å². The molecule has 0 bridgehead atoms. The fourth-order valence-electron chi connectivity index (χ4n) is 3.05. The van der Waals surface area contributed by atoms with Crippen LogP contribution >= 0.6 is 0 Å². The van der Waals surface area contributed by atoms with Gasteiger partial charge in [-0.3, -0.25) is 25.2 Å². The maximum atomic E-state index is 12.6. The van der Waals surface area contributed by atoms with Gasteiger partial charge >= 0.3 is 0 Å². The number of nitrogens with zero attached hydrogens (tertiary/aromatic N) is 2. The van der Waals surface area contributed by atoms with E-state index >= 15 is 0 Å². The van der Waals surface area contributed by atoms with Gasteiger partial charge in [-0.25, -0.2) is 0 Å². The lowest BCUT2D eigenvalue weighted by atomic mass is 9.77. The standard InChI is InChI=1S/C14H16N4O4/c1-13(2)7-14(11(19)16-12(15-3)17-14)9-6-8(18(20)21)4-5-10(9)22-13/h4-6H,7H2,1-3H3,(H2,15,16,17,19). The van der Waals surface area contributed by atoms with E-state index in [9.17, 15) is 14.9 Å². The van der Waals surface area contributed by atoms with Gasteiger partial charge in [-0.05, 0) is 19.9 Å². The number of fused-ring (bicyclic) bond motifs is 2. The summed E-state index contributed by atoms with van der Waals surface area (Å²) in [7, 11) is 1.56. The van der Waals surface area contributed by atoms with Gasteiger partial charge in [-0.2, -0.15) is 0 Å². The van der Waals surface area contributed by atoms with Crippen molar-refractivity contribution < 1.29 is 14.5 Å². The van der Waals surface area contributed by atoms with E-state index in [1.54, 1.807) is 7.05 Å². The van der Waals surface area contributed by atoms with Gasteiger partial charge in [0.15, 0.2) is 11.5 Å². The Hall–Kier alpha value is -2.64. The number of non-ortho nitro benzene ring substituents is 1. The SMILES string of the molecule is CN=C1NC(=O)C2(CC(C)(C)Oc3ccc([N+](=O)[O-])cc32)N1. The van der Waals surface area contributed by atoms with Crippen molar-refractivity contribution in [2.45, 2.75) is 31.4 Å². The number of rotatable bonds is 1. The summed E-state index contributed by atoms with van der Waals surface area (Å²) >= 11 is 0. The Kier molecular flexibility index (Phi) is 2.88. The van der Waals surface area contributed by atoms with Crippen molar-refractivity contribution in [3.63, 3.8) is 0 Å². The molecule has 0 aromatic heterocycles. The van der Waals surface area contributed by atoms with Crippen molar-refractivity contribution in [3.05, 3.63) is 33.9 Å². The first-order valence-electron chi connectivity index (χ1n) is 6.82. The molecule has 1 fully saturated rings. The number of carbonyl (C=O) groups excluding carboxylic acids is 1. The van der Waals surface area contributed by atoms with E-state index in [-0.39, 0.29) is 11.6 Å². The normalized spacial score (nSPS) is 27.0. The lowest BCUT2D eigenvalue weighted by Gasteiger charge is -2.42. The Balaban J connectivity index is 2.22. The van der Waals surface area contributed by atoms with E-state index in [0.29, 0.717) is 23.7 Å². The monoisotopic (exact) mass is 304 g/mol. The van der Waals surface area contributed by atoms with Crippen molar-refractivity contribution >= 4 is 17.6 Å². The summed E-state index contributed by atoms with van der Waals surface area (Å²) in [6.45, 7) is 3.74. The molecule has 2 aliphatic rings. The number of nitro groups is 1. The molecule has 1 aromatic carbocycles. The van der Waals surface area contributed by atoms with Gasteiger partial charge in [0.05, 0.1) is 4.92 Å². The Labute approximate surface area is 126 Å². The van der Waals surface area contributed by atoms with Crippen LogP contribution in [-0.2, 0) is 10.3 Å². The minimum absolute atomic E-state index is 0.0853. The minimum atomic E-state index is -1.11. The van der Waals surface area contributed by atoms with Gasteiger partial charge in [-0.1, -0.05) is 0 Å². The van der Waals surface area contributed by atoms with Gasteiger partial charge in [0, 0.05) is 31.2 Å². The molecule has 1 saturated heterocycles. The third-order valence-corrected chi connectivity index (χ3v) is 3.89. The highest BCUT2D eigenvalue weighted by Crippen LogP contribution is 2.46. The van der Waals surface area contributed by atoms with Crippen LogP contribution in [0.5, 0.6) is 5.75 Å². The summed E-state index contributed by atoms with van der Waals surface area (Å²) in [5, 5.41) is 16.8. The van der Waals surface area contributed by atoms with Crippen LogP contribution < -0.4 is 15.4 Å². The fraction of sp³-hybridized carbons (Fsp3) is 0.429. The number of hydrogen-bond acceptors (Lipinski definition) is 5. The smallest absolute Gasteiger partial charge is 0.270 e. The Morgan fingerprint density at radius 3 is 2.73 bits per heavy atom. The second-order valence-electron chi connectivity index (χ2n) is 6.03. The molecule has 2 aliphatic heterocycles. The highest BCUT2D eigenvalue weighted by atomic mass is 16.6. The van der Waals surface area contributed by atoms with Crippen molar-refractivity contribution in [3.8, 4) is 5.75 Å². The van der Waals surface area contributed by atoms with Crippen molar-refractivity contribution in [1.29, 1.82) is 0 Å². The molecule has 3 rings (SSSR count). The first-order valence-corrected chi connectivity index (χ1v) is 6.82. The van der Waals surface area contributed by atoms with E-state index in [1.807, 2.05) is 13.8 Å². The Morgan fingerprint density at radius 1 is 1.41 bits per heavy atom. The molecular formula is C14H16N4O4. The molecule has 8 nitrogen and oxygen atoms in total. The maximum absolute atomic E-state index is 12.6. The topological polar surface area (TPSA) is 106 Å². The molecule has 116 valence electrons. The Bertz CT molecular complexity index is 713. The highest BCUT2D eigenvalue weighted by molar-refractivity contribution is 6.09. The fourth-order valence-corrected chi connectivity index (χ4v) is 3.05. The predicted molar refractivity (Wildman–Crippen MR) is 78.7 cm³/mol. The number of nitrogens with one attached hydrogen (secondary N) is 2. The Morgan fingerprint density at radius 2 is 2.14 bits per heavy atom. The van der Waals surface area contributed by atoms with Crippen LogP contribution in [0.1, 0.15) is 25.8 Å². The van der Waals surface area contributed by atoms with Gasteiger partial charge in [0.2, 0.25) is 0 Å². The van der Waals surface area contributed by atoms with E-state index in [0.717, 1.165) is 0 Å². The molecule has 2 N–H and O–H groups in total. The lowest BCUT2D eigenvalue weighted by Crippen LogP contribution is -2.53. The molecule has 1 amide bonds. The number of carbonyl (C=O) groups is 1. The van der Waals surface area contributed by atoms with Gasteiger partial charge in [0.25, 0.3) is 11.6 Å². The van der Waals surface area contributed by atoms with E-state index in [4.69, 9.17) is 4.74 Å². The van der Waals surface area contributed by atoms with E-state index in [1.165, 1.54) is 18.2 Å². The zero-order valence-electron chi connectivity index (χ0n) is 12.5. The van der Waals surface area contributed by atoms with E-state index in [2.05, 4.69) is 15.6 Å². The number of amides is 1. The molecular weight excluding hydrogens is 288 g/mol. The summed E-state index contributed by atoms with van der Waals surface area (Å²) in [4.78, 5) is 27.1. The van der Waals surface area contributed by atoms with Crippen LogP contribution in [0.25, 0.3) is 0 Å². The van der Waals surface area contributed by atoms with Gasteiger partial charge in [-0.15, -0.1) is 0 Å². The summed E-state index contributed by atoms with van der Waals surface area (Å²) < 4.78 is 5.88. The average molecular weight is 304 g/mol. The molecule has 1 aromatic rings. The van der Waals surface area contributed by atoms with Crippen LogP contribution in [0.3, 0.4) is 0 Å². The van der Waals surface area contributed by atoms with Crippen LogP contribution in [0, 0.1) is 10.1 Å². The number of guanidine groups is 1. The molecule has 1 unspecified atom stereocenters. The number of ether oxygens (including phenoxy) is 1. The first kappa shape index (κ1) is 14.3. The number of benzene rings is 1. The molecule has 22 heavy (non-hydrogen) atoms. The third kappa shape index (κ3) is 1.99. The first-order chi connectivity index (χ1) is 10.3. The quantitative estimate of drug-likeness (QED) is 0.596. The summed E-state index contributed by atoms with van der Waals surface area (Å²) in [5.41, 5.74) is -1.34. The number of nitro benzene ring substituents is 1. The second-order valence-corrected chi connectivity index (χ2v) is 6.03. The third-order valence-electron chi connectivity index (χ3n) is 3.89. The molecule has 2 heterocycles. The molecule has 1 atom stereocenters. The molecule has 0 radical (unpaired) electrons. The van der Waals surface area contributed by atoms with Crippen molar-refractivity contribution in [2.75, 3.05) is 7.05 Å². The molecule has 0 aliphatic carbocycles. The highest BCUT2D eigenvalue weighted by Gasteiger charge is 2.55. The lowest BCUT2D eigenvalue weighted by molar-refractivity contribution is -0.385. The number of hydrogen-bond donors (Lipinski definition) is 2. The van der Waals surface area contributed by atoms with Crippen LogP contribution in [0.15, 0.2) is 23.2 Å². The average Bonchev–Trinajstić information content (AvgIpc) is 2.74. The van der Waals surface area contributed by atoms with Crippen molar-refractivity contribution in [2.24, 2.45) is 4.99 Å². The van der Waals surface area contributed by atoms with Crippen molar-refractivity contribution in [1.82, 2.24) is 10.6 Å². The second kappa shape index (κ2) is 4.43. The maximum Gasteiger partial charge on any atom is 0.270 e. The number of aliphatic imine (C=N–C) groups is 1. The molecule has 0 saturated carbocycles. The molecule has 1 spiro atoms.